The van der Waals surface area contributed by atoms with Crippen LogP contribution in [-0.2, 0) is 4.79 Å². The molecule has 24 heavy (non-hydrogen) atoms. The Morgan fingerprint density at radius 3 is 2.17 bits per heavy atom. The molecular weight excluding hydrogens is 336 g/mol. The summed E-state index contributed by atoms with van der Waals surface area (Å²) in [4.78, 5) is 21.0. The number of amidine groups is 1. The Morgan fingerprint density at radius 2 is 1.62 bits per heavy atom. The van der Waals surface area contributed by atoms with Crippen LogP contribution in [0.25, 0.3) is 6.08 Å². The average Bonchev–Trinajstić information content (AvgIpc) is 2.86. The number of aryl methyl sites for hydroxylation is 1. The molecule has 0 N–H and O–H groups in total. The van der Waals surface area contributed by atoms with Gasteiger partial charge in [-0.25, -0.2) is 0 Å². The monoisotopic (exact) mass is 354 g/mol. The minimum absolute atomic E-state index is 0.00120. The molecule has 1 amide bonds. The maximum absolute atomic E-state index is 12.2. The van der Waals surface area contributed by atoms with Gasteiger partial charge in [-0.1, -0.05) is 41.6 Å². The van der Waals surface area contributed by atoms with Crippen molar-refractivity contribution in [2.45, 2.75) is 16.7 Å². The molecule has 0 unspecified atom stereocenters. The molecule has 3 nitrogen and oxygen atoms in total. The summed E-state index contributed by atoms with van der Waals surface area (Å²) < 4.78 is 0. The van der Waals surface area contributed by atoms with Gasteiger partial charge in [0.25, 0.3) is 5.91 Å². The normalized spacial score (nSPS) is 18.0. The van der Waals surface area contributed by atoms with Gasteiger partial charge in [0.1, 0.15) is 0 Å². The number of hydrogen-bond donors (Lipinski definition) is 0. The van der Waals surface area contributed by atoms with Crippen molar-refractivity contribution in [3.05, 3.63) is 64.6 Å². The summed E-state index contributed by atoms with van der Waals surface area (Å²) in [7, 11) is 3.45. The van der Waals surface area contributed by atoms with E-state index >= 15 is 0 Å². The fourth-order valence-electron chi connectivity index (χ4n) is 2.28. The van der Waals surface area contributed by atoms with Gasteiger partial charge in [-0.2, -0.15) is 0 Å². The molecule has 0 radical (unpaired) electrons. The lowest BCUT2D eigenvalue weighted by Gasteiger charge is -2.05. The van der Waals surface area contributed by atoms with Gasteiger partial charge in [-0.3, -0.25) is 14.7 Å². The molecule has 3 rings (SSSR count). The first-order chi connectivity index (χ1) is 11.6. The maximum Gasteiger partial charge on any atom is 0.266 e. The molecule has 0 spiro atoms. The van der Waals surface area contributed by atoms with Crippen LogP contribution in [-0.4, -0.2) is 30.1 Å². The Kier molecular flexibility index (Phi) is 5.11. The fraction of sp³-hybridized carbons (Fsp3) is 0.158. The highest BCUT2D eigenvalue weighted by Gasteiger charge is 2.29. The largest absolute Gasteiger partial charge is 0.290 e. The smallest absolute Gasteiger partial charge is 0.266 e. The first kappa shape index (κ1) is 16.9. The molecule has 1 aliphatic rings. The van der Waals surface area contributed by atoms with Crippen LogP contribution >= 0.6 is 23.5 Å². The van der Waals surface area contributed by atoms with Crippen molar-refractivity contribution in [1.29, 1.82) is 0 Å². The third-order valence-electron chi connectivity index (χ3n) is 3.63. The van der Waals surface area contributed by atoms with Crippen molar-refractivity contribution >= 4 is 40.7 Å². The van der Waals surface area contributed by atoms with Gasteiger partial charge in [0, 0.05) is 23.9 Å². The SMILES string of the molecule is CN=C1S/C(=C\c2ccc(Sc3ccc(C)cc3)cc2)C(=O)N1C. The molecule has 2 aromatic carbocycles. The molecule has 122 valence electrons. The van der Waals surface area contributed by atoms with Crippen LogP contribution in [0, 0.1) is 6.92 Å². The van der Waals surface area contributed by atoms with Crippen LogP contribution in [0.15, 0.2) is 68.2 Å². The average molecular weight is 355 g/mol. The van der Waals surface area contributed by atoms with E-state index in [0.29, 0.717) is 4.91 Å². The van der Waals surface area contributed by atoms with E-state index in [1.165, 1.54) is 27.1 Å². The summed E-state index contributed by atoms with van der Waals surface area (Å²) in [5.41, 5.74) is 2.28. The lowest BCUT2D eigenvalue weighted by Crippen LogP contribution is -2.23. The Bertz CT molecular complexity index is 808. The standard InChI is InChI=1S/C19H18N2OS2/c1-13-4-8-15(9-5-13)23-16-10-6-14(7-11-16)12-17-18(22)21(3)19(20-2)24-17/h4-12H,1-3H3/b17-12-,20-19?. The molecule has 1 aliphatic heterocycles. The number of likely N-dealkylation sites (N-methyl/N-ethyl adjacent to an activating group) is 1. The predicted octanol–water partition coefficient (Wildman–Crippen LogP) is 4.68. The van der Waals surface area contributed by atoms with Gasteiger partial charge in [0.2, 0.25) is 0 Å². The second-order valence-electron chi connectivity index (χ2n) is 5.47. The number of rotatable bonds is 3. The summed E-state index contributed by atoms with van der Waals surface area (Å²) in [6, 6.07) is 16.7. The topological polar surface area (TPSA) is 32.7 Å². The molecule has 0 atom stereocenters. The van der Waals surface area contributed by atoms with E-state index < -0.39 is 0 Å². The zero-order valence-electron chi connectivity index (χ0n) is 13.8. The summed E-state index contributed by atoms with van der Waals surface area (Å²) in [6.07, 6.45) is 1.92. The van der Waals surface area contributed by atoms with Gasteiger partial charge in [-0.05, 0) is 54.6 Å². The predicted molar refractivity (Wildman–Crippen MR) is 103 cm³/mol. The third-order valence-corrected chi connectivity index (χ3v) is 5.80. The van der Waals surface area contributed by atoms with E-state index in [-0.39, 0.29) is 5.91 Å². The highest BCUT2D eigenvalue weighted by Crippen LogP contribution is 2.32. The van der Waals surface area contributed by atoms with E-state index in [9.17, 15) is 4.79 Å². The quantitative estimate of drug-likeness (QED) is 0.750. The second kappa shape index (κ2) is 7.28. The van der Waals surface area contributed by atoms with Crippen LogP contribution in [0.3, 0.4) is 0 Å². The summed E-state index contributed by atoms with van der Waals surface area (Å²) in [6.45, 7) is 2.09. The molecular formula is C19H18N2OS2. The number of thioether (sulfide) groups is 1. The fourth-order valence-corrected chi connectivity index (χ4v) is 4.02. The molecule has 5 heteroatoms. The van der Waals surface area contributed by atoms with Crippen molar-refractivity contribution < 1.29 is 4.79 Å². The minimum atomic E-state index is -0.00120. The first-order valence-electron chi connectivity index (χ1n) is 7.56. The van der Waals surface area contributed by atoms with Crippen molar-refractivity contribution in [2.75, 3.05) is 14.1 Å². The summed E-state index contributed by atoms with van der Waals surface area (Å²) >= 11 is 3.14. The number of benzene rings is 2. The van der Waals surface area contributed by atoms with E-state index in [1.54, 1.807) is 30.8 Å². The number of carbonyl (C=O) groups excluding carboxylic acids is 1. The number of amides is 1. The van der Waals surface area contributed by atoms with Crippen LogP contribution in [0.2, 0.25) is 0 Å². The zero-order valence-corrected chi connectivity index (χ0v) is 15.4. The lowest BCUT2D eigenvalue weighted by atomic mass is 10.2. The van der Waals surface area contributed by atoms with Gasteiger partial charge < -0.3 is 0 Å². The lowest BCUT2D eigenvalue weighted by molar-refractivity contribution is -0.121. The molecule has 0 aliphatic carbocycles. The molecule has 2 aromatic rings. The molecule has 1 fully saturated rings. The van der Waals surface area contributed by atoms with Crippen LogP contribution in [0.5, 0.6) is 0 Å². The second-order valence-corrected chi connectivity index (χ2v) is 7.62. The highest BCUT2D eigenvalue weighted by atomic mass is 32.2. The number of aliphatic imine (C=N–C) groups is 1. The molecule has 0 saturated carbocycles. The van der Waals surface area contributed by atoms with Gasteiger partial charge >= 0.3 is 0 Å². The first-order valence-corrected chi connectivity index (χ1v) is 9.19. The number of carbonyl (C=O) groups is 1. The number of nitrogens with zero attached hydrogens (tertiary/aromatic N) is 2. The van der Waals surface area contributed by atoms with Crippen molar-refractivity contribution in [2.24, 2.45) is 4.99 Å². The van der Waals surface area contributed by atoms with Gasteiger partial charge in [0.05, 0.1) is 4.91 Å². The van der Waals surface area contributed by atoms with E-state index in [4.69, 9.17) is 0 Å². The van der Waals surface area contributed by atoms with Crippen LogP contribution in [0.1, 0.15) is 11.1 Å². The van der Waals surface area contributed by atoms with Gasteiger partial charge in [-0.15, -0.1) is 0 Å². The third kappa shape index (κ3) is 3.74. The van der Waals surface area contributed by atoms with Crippen molar-refractivity contribution in [3.8, 4) is 0 Å². The van der Waals surface area contributed by atoms with E-state index in [0.717, 1.165) is 10.7 Å². The van der Waals surface area contributed by atoms with Gasteiger partial charge in [0.15, 0.2) is 5.17 Å². The number of hydrogen-bond acceptors (Lipinski definition) is 4. The van der Waals surface area contributed by atoms with Crippen molar-refractivity contribution in [3.63, 3.8) is 0 Å². The molecule has 1 saturated heterocycles. The molecule has 0 aromatic heterocycles. The highest BCUT2D eigenvalue weighted by molar-refractivity contribution is 8.18. The zero-order chi connectivity index (χ0) is 17.1. The molecule has 1 heterocycles. The summed E-state index contributed by atoms with van der Waals surface area (Å²) in [5.74, 6) is -0.00120. The Labute approximate surface area is 150 Å². The Balaban J connectivity index is 1.74. The van der Waals surface area contributed by atoms with E-state index in [1.807, 2.05) is 18.2 Å². The van der Waals surface area contributed by atoms with Crippen LogP contribution < -0.4 is 0 Å². The Morgan fingerprint density at radius 1 is 1.04 bits per heavy atom. The maximum atomic E-state index is 12.2. The summed E-state index contributed by atoms with van der Waals surface area (Å²) in [5, 5.41) is 0.734. The molecule has 0 bridgehead atoms. The minimum Gasteiger partial charge on any atom is -0.290 e. The van der Waals surface area contributed by atoms with Crippen LogP contribution in [0.4, 0.5) is 0 Å². The Hall–Kier alpha value is -1.98. The van der Waals surface area contributed by atoms with Crippen molar-refractivity contribution in [1.82, 2.24) is 4.90 Å². The van der Waals surface area contributed by atoms with E-state index in [2.05, 4.69) is 48.3 Å².